The Morgan fingerprint density at radius 2 is 2.19 bits per heavy atom. The topological polar surface area (TPSA) is 63.1 Å². The number of hydrogen-bond acceptors (Lipinski definition) is 4. The van der Waals surface area contributed by atoms with Gasteiger partial charge in [0.05, 0.1) is 0 Å². The number of halogens is 3. The lowest BCUT2D eigenvalue weighted by Gasteiger charge is -2.05. The molecule has 1 rings (SSSR count). The highest BCUT2D eigenvalue weighted by Gasteiger charge is 2.32. The van der Waals surface area contributed by atoms with Gasteiger partial charge in [-0.1, -0.05) is 11.8 Å². The van der Waals surface area contributed by atoms with E-state index in [2.05, 4.69) is 9.97 Å². The summed E-state index contributed by atoms with van der Waals surface area (Å²) in [4.78, 5) is 16.9. The summed E-state index contributed by atoms with van der Waals surface area (Å²) in [6, 6.07) is 0.741. The second-order valence-corrected chi connectivity index (χ2v) is 3.35. The van der Waals surface area contributed by atoms with Crippen LogP contribution >= 0.6 is 11.8 Å². The number of thioether (sulfide) groups is 1. The maximum absolute atomic E-state index is 12.2. The summed E-state index contributed by atoms with van der Waals surface area (Å²) in [5, 5.41) is 9.19. The van der Waals surface area contributed by atoms with Crippen molar-refractivity contribution in [3.05, 3.63) is 29.4 Å². The highest BCUT2D eigenvalue weighted by molar-refractivity contribution is 8.02. The number of carboxylic acid groups (broad SMARTS) is 1. The van der Waals surface area contributed by atoms with Gasteiger partial charge in [0.1, 0.15) is 5.69 Å². The fourth-order valence-corrected chi connectivity index (χ4v) is 1.29. The lowest BCUT2D eigenvalue weighted by molar-refractivity contribution is -0.141. The van der Waals surface area contributed by atoms with Crippen LogP contribution in [0.2, 0.25) is 0 Å². The predicted molar refractivity (Wildman–Crippen MR) is 49.7 cm³/mol. The molecule has 0 fully saturated rings. The molecule has 0 spiro atoms. The van der Waals surface area contributed by atoms with Crippen molar-refractivity contribution < 1.29 is 23.1 Å². The summed E-state index contributed by atoms with van der Waals surface area (Å²) < 4.78 is 36.6. The molecule has 1 aromatic rings. The van der Waals surface area contributed by atoms with Crippen LogP contribution in [0.1, 0.15) is 5.69 Å². The largest absolute Gasteiger partial charge is 0.478 e. The van der Waals surface area contributed by atoms with Crippen LogP contribution in [0.3, 0.4) is 0 Å². The molecule has 1 aromatic heterocycles. The van der Waals surface area contributed by atoms with Crippen molar-refractivity contribution in [1.82, 2.24) is 9.97 Å². The van der Waals surface area contributed by atoms with Crippen molar-refractivity contribution in [2.75, 3.05) is 0 Å². The lowest BCUT2D eigenvalue weighted by Crippen LogP contribution is -2.08. The lowest BCUT2D eigenvalue weighted by atomic mass is 10.4. The van der Waals surface area contributed by atoms with Crippen LogP contribution < -0.4 is 0 Å². The van der Waals surface area contributed by atoms with Crippen molar-refractivity contribution in [3.63, 3.8) is 0 Å². The van der Waals surface area contributed by atoms with E-state index in [1.54, 1.807) is 0 Å². The van der Waals surface area contributed by atoms with Crippen LogP contribution in [0.15, 0.2) is 28.9 Å². The normalized spacial score (nSPS) is 11.9. The zero-order chi connectivity index (χ0) is 12.2. The molecule has 0 atom stereocenters. The molecular formula is C8H5F3N2O2S. The Hall–Kier alpha value is -1.57. The third-order valence-electron chi connectivity index (χ3n) is 1.31. The number of rotatable bonds is 3. The van der Waals surface area contributed by atoms with Gasteiger partial charge in [-0.15, -0.1) is 0 Å². The number of nitrogens with zero attached hydrogens (tertiary/aromatic N) is 2. The summed E-state index contributed by atoms with van der Waals surface area (Å²) in [6.07, 6.45) is -2.78. The molecule has 86 valence electrons. The molecule has 0 aliphatic carbocycles. The highest BCUT2D eigenvalue weighted by atomic mass is 32.2. The van der Waals surface area contributed by atoms with Crippen LogP contribution in [0.5, 0.6) is 0 Å². The van der Waals surface area contributed by atoms with Gasteiger partial charge in [0, 0.05) is 12.3 Å². The number of carbonyl (C=O) groups is 1. The molecule has 8 heteroatoms. The molecule has 0 aliphatic heterocycles. The number of carboxylic acids is 1. The maximum atomic E-state index is 12.2. The van der Waals surface area contributed by atoms with Gasteiger partial charge in [-0.25, -0.2) is 14.8 Å². The standard InChI is InChI=1S/C8H5F3N2O2S/c9-8(10,11)5-1-3-12-7(13-5)16-4-2-6(14)15/h1-4H,(H,14,15). The van der Waals surface area contributed by atoms with Gasteiger partial charge in [-0.2, -0.15) is 13.2 Å². The van der Waals surface area contributed by atoms with E-state index in [1.807, 2.05) is 0 Å². The second-order valence-electron chi connectivity index (χ2n) is 2.48. The fourth-order valence-electron chi connectivity index (χ4n) is 0.709. The number of alkyl halides is 3. The zero-order valence-electron chi connectivity index (χ0n) is 7.60. The van der Waals surface area contributed by atoms with E-state index in [-0.39, 0.29) is 5.16 Å². The third kappa shape index (κ3) is 3.89. The van der Waals surface area contributed by atoms with Gasteiger partial charge < -0.3 is 5.11 Å². The fraction of sp³-hybridized carbons (Fsp3) is 0.125. The average Bonchev–Trinajstić information content (AvgIpc) is 2.16. The molecule has 1 heterocycles. The van der Waals surface area contributed by atoms with E-state index >= 15 is 0 Å². The first-order valence-electron chi connectivity index (χ1n) is 3.86. The molecule has 16 heavy (non-hydrogen) atoms. The van der Waals surface area contributed by atoms with Crippen molar-refractivity contribution >= 4 is 17.7 Å². The Labute approximate surface area is 92.2 Å². The monoisotopic (exact) mass is 250 g/mol. The van der Waals surface area contributed by atoms with Gasteiger partial charge in [0.15, 0.2) is 5.16 Å². The Balaban J connectivity index is 2.79. The van der Waals surface area contributed by atoms with Gasteiger partial charge >= 0.3 is 12.1 Å². The minimum atomic E-state index is -4.53. The minimum absolute atomic E-state index is 0.160. The van der Waals surface area contributed by atoms with Gasteiger partial charge in [0.25, 0.3) is 0 Å². The van der Waals surface area contributed by atoms with Gasteiger partial charge in [-0.05, 0) is 11.5 Å². The Morgan fingerprint density at radius 3 is 2.75 bits per heavy atom. The smallest absolute Gasteiger partial charge is 0.433 e. The van der Waals surface area contributed by atoms with E-state index in [4.69, 9.17) is 5.11 Å². The van der Waals surface area contributed by atoms with Gasteiger partial charge in [0.2, 0.25) is 0 Å². The van der Waals surface area contributed by atoms with E-state index < -0.39 is 17.8 Å². The van der Waals surface area contributed by atoms with Crippen molar-refractivity contribution in [2.24, 2.45) is 0 Å². The first kappa shape index (κ1) is 12.5. The number of aliphatic carboxylic acids is 1. The molecule has 0 aromatic carbocycles. The molecule has 0 bridgehead atoms. The second kappa shape index (κ2) is 4.97. The maximum Gasteiger partial charge on any atom is 0.433 e. The highest BCUT2D eigenvalue weighted by Crippen LogP contribution is 2.28. The van der Waals surface area contributed by atoms with Crippen LogP contribution in [0, 0.1) is 0 Å². The van der Waals surface area contributed by atoms with Crippen LogP contribution in [0.25, 0.3) is 0 Å². The van der Waals surface area contributed by atoms with E-state index in [9.17, 15) is 18.0 Å². The SMILES string of the molecule is O=C(O)C=CSc1nccc(C(F)(F)F)n1. The summed E-state index contributed by atoms with van der Waals surface area (Å²) in [5.41, 5.74) is -1.06. The molecule has 1 N–H and O–H groups in total. The Bertz CT molecular complexity index is 420. The molecule has 4 nitrogen and oxygen atoms in total. The third-order valence-corrected chi connectivity index (χ3v) is 1.99. The number of hydrogen-bond donors (Lipinski definition) is 1. The molecule has 0 saturated carbocycles. The molecule has 0 unspecified atom stereocenters. The number of aromatic nitrogens is 2. The summed E-state index contributed by atoms with van der Waals surface area (Å²) in [5.74, 6) is -1.19. The zero-order valence-corrected chi connectivity index (χ0v) is 8.42. The van der Waals surface area contributed by atoms with Gasteiger partial charge in [-0.3, -0.25) is 0 Å². The Kier molecular flexibility index (Phi) is 3.88. The predicted octanol–water partition coefficient (Wildman–Crippen LogP) is 2.19. The first-order chi connectivity index (χ1) is 7.39. The summed E-state index contributed by atoms with van der Waals surface area (Å²) >= 11 is 0.695. The van der Waals surface area contributed by atoms with Crippen LogP contribution in [-0.4, -0.2) is 21.0 Å². The van der Waals surface area contributed by atoms with Crippen molar-refractivity contribution in [3.8, 4) is 0 Å². The minimum Gasteiger partial charge on any atom is -0.478 e. The molecule has 0 aliphatic rings. The van der Waals surface area contributed by atoms with Crippen LogP contribution in [0.4, 0.5) is 13.2 Å². The first-order valence-corrected chi connectivity index (χ1v) is 4.74. The molecule has 0 saturated heterocycles. The van der Waals surface area contributed by atoms with E-state index in [0.717, 1.165) is 23.7 Å². The van der Waals surface area contributed by atoms with Crippen molar-refractivity contribution in [1.29, 1.82) is 0 Å². The molecular weight excluding hydrogens is 245 g/mol. The quantitative estimate of drug-likeness (QED) is 0.506. The Morgan fingerprint density at radius 1 is 1.50 bits per heavy atom. The van der Waals surface area contributed by atoms with Crippen LogP contribution in [-0.2, 0) is 11.0 Å². The summed E-state index contributed by atoms with van der Waals surface area (Å²) in [6.45, 7) is 0. The molecule has 0 amide bonds. The molecule has 0 radical (unpaired) electrons. The van der Waals surface area contributed by atoms with E-state index in [0.29, 0.717) is 11.8 Å². The average molecular weight is 250 g/mol. The summed E-state index contributed by atoms with van der Waals surface area (Å²) in [7, 11) is 0. The van der Waals surface area contributed by atoms with E-state index in [1.165, 1.54) is 0 Å². The van der Waals surface area contributed by atoms with Crippen molar-refractivity contribution in [2.45, 2.75) is 11.3 Å².